The van der Waals surface area contributed by atoms with Gasteiger partial charge in [0.2, 0.25) is 0 Å². The van der Waals surface area contributed by atoms with Gasteiger partial charge in [0.1, 0.15) is 11.5 Å². The molecule has 1 aromatic rings. The summed E-state index contributed by atoms with van der Waals surface area (Å²) in [5, 5.41) is 0. The molecule has 2 aliphatic rings. The Morgan fingerprint density at radius 1 is 1.21 bits per heavy atom. The third kappa shape index (κ3) is 2.10. The largest absolute Gasteiger partial charge is 0.497 e. The Morgan fingerprint density at radius 2 is 2.05 bits per heavy atom. The number of fused-ring (bicyclic) bond motifs is 3. The van der Waals surface area contributed by atoms with E-state index in [1.807, 2.05) is 12.1 Å². The van der Waals surface area contributed by atoms with Crippen LogP contribution in [0.2, 0.25) is 0 Å². The molecule has 3 unspecified atom stereocenters. The number of hydrogen-bond donors (Lipinski definition) is 0. The fourth-order valence-corrected chi connectivity index (χ4v) is 3.20. The number of esters is 1. The van der Waals surface area contributed by atoms with Gasteiger partial charge in [0.25, 0.3) is 0 Å². The Hall–Kier alpha value is -1.55. The van der Waals surface area contributed by atoms with Gasteiger partial charge in [0.05, 0.1) is 19.1 Å². The van der Waals surface area contributed by atoms with Crippen molar-refractivity contribution in [2.45, 2.75) is 31.3 Å². The summed E-state index contributed by atoms with van der Waals surface area (Å²) in [6, 6.07) is 5.74. The fourth-order valence-electron chi connectivity index (χ4n) is 3.20. The van der Waals surface area contributed by atoms with Gasteiger partial charge in [-0.15, -0.1) is 0 Å². The summed E-state index contributed by atoms with van der Waals surface area (Å²) >= 11 is 0. The first-order valence-corrected chi connectivity index (χ1v) is 6.65. The number of rotatable bonds is 2. The van der Waals surface area contributed by atoms with E-state index >= 15 is 0 Å². The molecule has 4 heteroatoms. The van der Waals surface area contributed by atoms with Gasteiger partial charge < -0.3 is 14.2 Å². The number of methoxy groups -OCH3 is 2. The van der Waals surface area contributed by atoms with Gasteiger partial charge in [0, 0.05) is 19.1 Å². The highest BCUT2D eigenvalue weighted by Crippen LogP contribution is 2.46. The molecule has 3 rings (SSSR count). The van der Waals surface area contributed by atoms with Gasteiger partial charge in [-0.3, -0.25) is 4.79 Å². The first-order valence-electron chi connectivity index (χ1n) is 6.65. The molecule has 3 atom stereocenters. The van der Waals surface area contributed by atoms with Gasteiger partial charge in [-0.2, -0.15) is 0 Å². The van der Waals surface area contributed by atoms with Crippen LogP contribution in [0.15, 0.2) is 18.2 Å². The minimum atomic E-state index is -0.132. The molecule has 1 aliphatic carbocycles. The van der Waals surface area contributed by atoms with Crippen LogP contribution in [0.1, 0.15) is 30.7 Å². The Kier molecular flexibility index (Phi) is 3.19. The molecule has 0 saturated heterocycles. The number of carbonyl (C=O) groups excluding carboxylic acids is 1. The smallest absolute Gasteiger partial charge is 0.315 e. The van der Waals surface area contributed by atoms with Gasteiger partial charge in [-0.05, 0) is 30.9 Å². The highest BCUT2D eigenvalue weighted by Gasteiger charge is 2.42. The van der Waals surface area contributed by atoms with Crippen LogP contribution in [-0.4, -0.2) is 26.3 Å². The highest BCUT2D eigenvalue weighted by atomic mass is 16.5. The summed E-state index contributed by atoms with van der Waals surface area (Å²) in [5.74, 6) is 1.43. The van der Waals surface area contributed by atoms with Crippen molar-refractivity contribution in [3.05, 3.63) is 23.8 Å². The van der Waals surface area contributed by atoms with Crippen LogP contribution in [0.5, 0.6) is 11.5 Å². The van der Waals surface area contributed by atoms with Crippen LogP contribution >= 0.6 is 0 Å². The second-order valence-electron chi connectivity index (χ2n) is 5.21. The standard InChI is InChI=1S/C15H18O4/c1-17-9-3-5-11-12-6-4-10(18-2)8-14(12)19-15(16)13(11)7-9/h4,6,8-9,11,13H,3,5,7H2,1-2H3. The topological polar surface area (TPSA) is 44.8 Å². The molecule has 0 amide bonds. The molecule has 1 aliphatic heterocycles. The number of benzene rings is 1. The monoisotopic (exact) mass is 262 g/mol. The predicted molar refractivity (Wildman–Crippen MR) is 69.5 cm³/mol. The third-order valence-electron chi connectivity index (χ3n) is 4.27. The van der Waals surface area contributed by atoms with Crippen molar-refractivity contribution in [2.75, 3.05) is 14.2 Å². The van der Waals surface area contributed by atoms with Crippen molar-refractivity contribution < 1.29 is 19.0 Å². The molecule has 1 saturated carbocycles. The van der Waals surface area contributed by atoms with Crippen LogP contribution in [-0.2, 0) is 9.53 Å². The molecule has 0 radical (unpaired) electrons. The van der Waals surface area contributed by atoms with E-state index in [0.29, 0.717) is 5.75 Å². The Labute approximate surface area is 112 Å². The van der Waals surface area contributed by atoms with Crippen LogP contribution in [0, 0.1) is 5.92 Å². The van der Waals surface area contributed by atoms with Crippen LogP contribution in [0.25, 0.3) is 0 Å². The Morgan fingerprint density at radius 3 is 2.79 bits per heavy atom. The first kappa shape index (κ1) is 12.5. The lowest BCUT2D eigenvalue weighted by molar-refractivity contribution is -0.144. The van der Waals surface area contributed by atoms with Crippen molar-refractivity contribution in [1.82, 2.24) is 0 Å². The zero-order valence-electron chi connectivity index (χ0n) is 11.2. The van der Waals surface area contributed by atoms with Crippen LogP contribution < -0.4 is 9.47 Å². The molecule has 1 aromatic carbocycles. The second kappa shape index (κ2) is 4.85. The second-order valence-corrected chi connectivity index (χ2v) is 5.21. The highest BCUT2D eigenvalue weighted by molar-refractivity contribution is 5.79. The zero-order chi connectivity index (χ0) is 13.4. The van der Waals surface area contributed by atoms with Crippen molar-refractivity contribution in [1.29, 1.82) is 0 Å². The van der Waals surface area contributed by atoms with E-state index in [4.69, 9.17) is 14.2 Å². The molecular formula is C15H18O4. The van der Waals surface area contributed by atoms with E-state index in [2.05, 4.69) is 0 Å². The van der Waals surface area contributed by atoms with Crippen molar-refractivity contribution in [2.24, 2.45) is 5.92 Å². The van der Waals surface area contributed by atoms with Crippen molar-refractivity contribution in [3.63, 3.8) is 0 Å². The van der Waals surface area contributed by atoms with E-state index in [9.17, 15) is 4.79 Å². The predicted octanol–water partition coefficient (Wildman–Crippen LogP) is 2.51. The molecule has 102 valence electrons. The first-order chi connectivity index (χ1) is 9.22. The van der Waals surface area contributed by atoms with Crippen LogP contribution in [0.3, 0.4) is 0 Å². The lowest BCUT2D eigenvalue weighted by Crippen LogP contribution is -2.38. The Balaban J connectivity index is 1.93. The molecule has 0 bridgehead atoms. The summed E-state index contributed by atoms with van der Waals surface area (Å²) < 4.78 is 16.0. The molecule has 1 heterocycles. The summed E-state index contributed by atoms with van der Waals surface area (Å²) in [5.41, 5.74) is 1.12. The lowest BCUT2D eigenvalue weighted by Gasteiger charge is -2.38. The summed E-state index contributed by atoms with van der Waals surface area (Å²) in [6.45, 7) is 0. The average Bonchev–Trinajstić information content (AvgIpc) is 2.46. The van der Waals surface area contributed by atoms with Gasteiger partial charge >= 0.3 is 5.97 Å². The Bertz CT molecular complexity index is 497. The molecule has 0 aromatic heterocycles. The van der Waals surface area contributed by atoms with Gasteiger partial charge in [0.15, 0.2) is 0 Å². The number of hydrogen-bond acceptors (Lipinski definition) is 4. The molecule has 0 N–H and O–H groups in total. The summed E-state index contributed by atoms with van der Waals surface area (Å²) in [4.78, 5) is 12.1. The van der Waals surface area contributed by atoms with E-state index in [0.717, 1.165) is 30.6 Å². The quantitative estimate of drug-likeness (QED) is 0.607. The summed E-state index contributed by atoms with van der Waals surface area (Å²) in [7, 11) is 3.32. The minimum Gasteiger partial charge on any atom is -0.497 e. The third-order valence-corrected chi connectivity index (χ3v) is 4.27. The lowest BCUT2D eigenvalue weighted by atomic mass is 9.73. The van der Waals surface area contributed by atoms with Gasteiger partial charge in [-0.1, -0.05) is 6.07 Å². The zero-order valence-corrected chi connectivity index (χ0v) is 11.2. The normalized spacial score (nSPS) is 29.2. The summed E-state index contributed by atoms with van der Waals surface area (Å²) in [6.07, 6.45) is 2.90. The maximum absolute atomic E-state index is 12.1. The van der Waals surface area contributed by atoms with Crippen LogP contribution in [0.4, 0.5) is 0 Å². The van der Waals surface area contributed by atoms with E-state index in [-0.39, 0.29) is 23.9 Å². The molecule has 0 spiro atoms. The molecule has 1 fully saturated rings. The van der Waals surface area contributed by atoms with E-state index < -0.39 is 0 Å². The minimum absolute atomic E-state index is 0.0698. The molecule has 4 nitrogen and oxygen atoms in total. The number of carbonyl (C=O) groups is 1. The molecule has 19 heavy (non-hydrogen) atoms. The average molecular weight is 262 g/mol. The van der Waals surface area contributed by atoms with Crippen molar-refractivity contribution >= 4 is 5.97 Å². The SMILES string of the molecule is COc1ccc2c(c1)OC(=O)C1CC(OC)CCC21. The van der Waals surface area contributed by atoms with E-state index in [1.165, 1.54) is 0 Å². The maximum Gasteiger partial charge on any atom is 0.315 e. The van der Waals surface area contributed by atoms with E-state index in [1.54, 1.807) is 20.3 Å². The fraction of sp³-hybridized carbons (Fsp3) is 0.533. The number of ether oxygens (including phenoxy) is 3. The molecular weight excluding hydrogens is 244 g/mol. The van der Waals surface area contributed by atoms with Crippen molar-refractivity contribution in [3.8, 4) is 11.5 Å². The van der Waals surface area contributed by atoms with Gasteiger partial charge in [-0.25, -0.2) is 0 Å². The maximum atomic E-state index is 12.1.